The van der Waals surface area contributed by atoms with Gasteiger partial charge in [0.25, 0.3) is 0 Å². The van der Waals surface area contributed by atoms with Crippen LogP contribution in [0.15, 0.2) is 0 Å². The second-order valence-corrected chi connectivity index (χ2v) is 5.02. The summed E-state index contributed by atoms with van der Waals surface area (Å²) in [5.41, 5.74) is 5.59. The Hall–Kier alpha value is -0.120. The fourth-order valence-electron chi connectivity index (χ4n) is 1.82. The summed E-state index contributed by atoms with van der Waals surface area (Å²) in [6, 6.07) is 0. The number of nitrogens with two attached hydrogens (primary N) is 1. The maximum absolute atomic E-state index is 9.50. The number of hydrogen-bond acceptors (Lipinski definition) is 3. The van der Waals surface area contributed by atoms with Crippen molar-refractivity contribution < 1.29 is 9.84 Å². The highest BCUT2D eigenvalue weighted by molar-refractivity contribution is 4.84. The molecule has 0 fully saturated rings. The van der Waals surface area contributed by atoms with Crippen molar-refractivity contribution in [2.75, 3.05) is 6.54 Å². The van der Waals surface area contributed by atoms with Crippen LogP contribution in [0.3, 0.4) is 0 Å². The van der Waals surface area contributed by atoms with E-state index >= 15 is 0 Å². The lowest BCUT2D eigenvalue weighted by molar-refractivity contribution is -0.129. The van der Waals surface area contributed by atoms with Crippen LogP contribution in [0.1, 0.15) is 53.9 Å². The highest BCUT2D eigenvalue weighted by Crippen LogP contribution is 2.27. The molecule has 0 heterocycles. The molecule has 98 valence electrons. The van der Waals surface area contributed by atoms with Gasteiger partial charge in [0.2, 0.25) is 0 Å². The first-order chi connectivity index (χ1) is 7.40. The van der Waals surface area contributed by atoms with Gasteiger partial charge in [-0.2, -0.15) is 0 Å². The van der Waals surface area contributed by atoms with Crippen molar-refractivity contribution in [1.82, 2.24) is 0 Å². The summed E-state index contributed by atoms with van der Waals surface area (Å²) >= 11 is 0. The van der Waals surface area contributed by atoms with Gasteiger partial charge < -0.3 is 15.6 Å². The van der Waals surface area contributed by atoms with Crippen molar-refractivity contribution in [2.24, 2.45) is 11.7 Å². The summed E-state index contributed by atoms with van der Waals surface area (Å²) in [5.74, 6) is 0.602. The fourth-order valence-corrected chi connectivity index (χ4v) is 1.82. The molecule has 0 spiro atoms. The van der Waals surface area contributed by atoms with Gasteiger partial charge in [0.1, 0.15) is 0 Å². The Morgan fingerprint density at radius 2 is 1.81 bits per heavy atom. The van der Waals surface area contributed by atoms with E-state index in [1.807, 2.05) is 6.92 Å². The molecule has 0 aromatic rings. The van der Waals surface area contributed by atoms with Gasteiger partial charge in [0, 0.05) is 6.54 Å². The van der Waals surface area contributed by atoms with E-state index in [0.29, 0.717) is 12.5 Å². The molecule has 0 amide bonds. The van der Waals surface area contributed by atoms with Gasteiger partial charge in [0.15, 0.2) is 0 Å². The topological polar surface area (TPSA) is 55.5 Å². The first-order valence-corrected chi connectivity index (χ1v) is 6.46. The predicted molar refractivity (Wildman–Crippen MR) is 68.4 cm³/mol. The van der Waals surface area contributed by atoms with Crippen LogP contribution in [0.25, 0.3) is 0 Å². The molecule has 0 saturated heterocycles. The lowest BCUT2D eigenvalue weighted by Crippen LogP contribution is -2.46. The minimum Gasteiger partial charge on any atom is -0.391 e. The monoisotopic (exact) mass is 231 g/mol. The number of hydrogen-bond donors (Lipinski definition) is 2. The van der Waals surface area contributed by atoms with E-state index in [9.17, 15) is 5.11 Å². The second kappa shape index (κ2) is 7.25. The molecule has 0 aromatic carbocycles. The molecule has 0 aliphatic heterocycles. The summed E-state index contributed by atoms with van der Waals surface area (Å²) in [6.07, 6.45) is 2.38. The number of aliphatic hydroxyl groups is 1. The Labute approximate surface area is 100 Å². The van der Waals surface area contributed by atoms with Crippen molar-refractivity contribution in [3.63, 3.8) is 0 Å². The molecule has 4 unspecified atom stereocenters. The molecule has 0 rings (SSSR count). The van der Waals surface area contributed by atoms with E-state index in [-0.39, 0.29) is 11.7 Å². The highest BCUT2D eigenvalue weighted by Gasteiger charge is 2.32. The summed E-state index contributed by atoms with van der Waals surface area (Å²) in [4.78, 5) is 0. The van der Waals surface area contributed by atoms with Crippen molar-refractivity contribution in [2.45, 2.75) is 71.7 Å². The van der Waals surface area contributed by atoms with E-state index in [1.54, 1.807) is 6.92 Å². The van der Waals surface area contributed by atoms with Gasteiger partial charge in [-0.25, -0.2) is 0 Å². The molecule has 0 radical (unpaired) electrons. The molecule has 4 atom stereocenters. The van der Waals surface area contributed by atoms with Crippen LogP contribution in [0.4, 0.5) is 0 Å². The van der Waals surface area contributed by atoms with Gasteiger partial charge in [-0.15, -0.1) is 0 Å². The predicted octanol–water partition coefficient (Wildman–Crippen LogP) is 2.32. The second-order valence-electron chi connectivity index (χ2n) is 5.02. The fraction of sp³-hybridized carbons (Fsp3) is 1.00. The maximum atomic E-state index is 9.50. The normalized spacial score (nSPS) is 21.2. The van der Waals surface area contributed by atoms with E-state index in [0.717, 1.165) is 19.3 Å². The molecule has 3 heteroatoms. The SMILES string of the molecule is CCC(C)CC(CC)(CN)OC(C)C(C)O. The van der Waals surface area contributed by atoms with E-state index < -0.39 is 6.10 Å². The number of rotatable bonds is 8. The molecule has 3 nitrogen and oxygen atoms in total. The van der Waals surface area contributed by atoms with Gasteiger partial charge in [-0.1, -0.05) is 27.2 Å². The first-order valence-electron chi connectivity index (χ1n) is 6.46. The quantitative estimate of drug-likeness (QED) is 0.674. The molecular weight excluding hydrogens is 202 g/mol. The summed E-state index contributed by atoms with van der Waals surface area (Å²) in [6.45, 7) is 10.7. The minimum atomic E-state index is -0.450. The molecule has 0 saturated carbocycles. The Kier molecular flexibility index (Phi) is 7.20. The average molecular weight is 231 g/mol. The van der Waals surface area contributed by atoms with Crippen LogP contribution in [0.5, 0.6) is 0 Å². The Bertz CT molecular complexity index is 179. The van der Waals surface area contributed by atoms with E-state index in [4.69, 9.17) is 10.5 Å². The zero-order valence-electron chi connectivity index (χ0n) is 11.5. The third kappa shape index (κ3) is 4.81. The highest BCUT2D eigenvalue weighted by atomic mass is 16.5. The first kappa shape index (κ1) is 15.9. The standard InChI is InChI=1S/C13H29NO2/c1-6-10(3)8-13(7-2,9-14)16-12(5)11(4)15/h10-12,15H,6-9,14H2,1-5H3. The molecule has 0 bridgehead atoms. The van der Waals surface area contributed by atoms with Gasteiger partial charge >= 0.3 is 0 Å². The third-order valence-electron chi connectivity index (χ3n) is 3.55. The molecule has 0 aliphatic rings. The van der Waals surface area contributed by atoms with Crippen molar-refractivity contribution in [3.8, 4) is 0 Å². The Morgan fingerprint density at radius 3 is 2.12 bits per heavy atom. The number of ether oxygens (including phenoxy) is 1. The van der Waals surface area contributed by atoms with Crippen LogP contribution >= 0.6 is 0 Å². The average Bonchev–Trinajstić information content (AvgIpc) is 2.27. The summed E-state index contributed by atoms with van der Waals surface area (Å²) in [7, 11) is 0. The third-order valence-corrected chi connectivity index (χ3v) is 3.55. The molecule has 0 aromatic heterocycles. The van der Waals surface area contributed by atoms with E-state index in [1.165, 1.54) is 0 Å². The van der Waals surface area contributed by atoms with Crippen LogP contribution in [-0.4, -0.2) is 29.5 Å². The van der Waals surface area contributed by atoms with Crippen LogP contribution < -0.4 is 5.73 Å². The minimum absolute atomic E-state index is 0.160. The van der Waals surface area contributed by atoms with Crippen molar-refractivity contribution >= 4 is 0 Å². The van der Waals surface area contributed by atoms with Gasteiger partial charge in [-0.3, -0.25) is 0 Å². The Balaban J connectivity index is 4.54. The van der Waals surface area contributed by atoms with Crippen LogP contribution in [-0.2, 0) is 4.74 Å². The smallest absolute Gasteiger partial charge is 0.0811 e. The van der Waals surface area contributed by atoms with Crippen LogP contribution in [0.2, 0.25) is 0 Å². The van der Waals surface area contributed by atoms with E-state index in [2.05, 4.69) is 20.8 Å². The zero-order chi connectivity index (χ0) is 12.8. The van der Waals surface area contributed by atoms with Gasteiger partial charge in [-0.05, 0) is 32.6 Å². The van der Waals surface area contributed by atoms with Gasteiger partial charge in [0.05, 0.1) is 17.8 Å². The zero-order valence-corrected chi connectivity index (χ0v) is 11.5. The summed E-state index contributed by atoms with van der Waals surface area (Å²) in [5, 5.41) is 9.50. The Morgan fingerprint density at radius 1 is 1.25 bits per heavy atom. The molecule has 3 N–H and O–H groups in total. The summed E-state index contributed by atoms with van der Waals surface area (Å²) < 4.78 is 6.00. The number of aliphatic hydroxyl groups excluding tert-OH is 1. The van der Waals surface area contributed by atoms with Crippen LogP contribution in [0, 0.1) is 5.92 Å². The lowest BCUT2D eigenvalue weighted by Gasteiger charge is -2.37. The molecule has 0 aliphatic carbocycles. The largest absolute Gasteiger partial charge is 0.391 e. The molecular formula is C13H29NO2. The maximum Gasteiger partial charge on any atom is 0.0811 e. The van der Waals surface area contributed by atoms with Crippen molar-refractivity contribution in [1.29, 1.82) is 0 Å². The molecule has 16 heavy (non-hydrogen) atoms. The lowest BCUT2D eigenvalue weighted by atomic mass is 9.87. The van der Waals surface area contributed by atoms with Crippen molar-refractivity contribution in [3.05, 3.63) is 0 Å².